The van der Waals surface area contributed by atoms with Crippen LogP contribution in [0.15, 0.2) is 28.2 Å². The van der Waals surface area contributed by atoms with Gasteiger partial charge in [0, 0.05) is 15.5 Å². The number of thiophene rings is 1. The number of hydrogen-bond donors (Lipinski definition) is 1. The fourth-order valence-electron chi connectivity index (χ4n) is 1.67. The van der Waals surface area contributed by atoms with Gasteiger partial charge in [-0.3, -0.25) is 4.79 Å². The highest BCUT2D eigenvalue weighted by atomic mass is 79.9. The van der Waals surface area contributed by atoms with Crippen molar-refractivity contribution in [2.75, 3.05) is 0 Å². The van der Waals surface area contributed by atoms with Gasteiger partial charge in [0.25, 0.3) is 5.91 Å². The highest BCUT2D eigenvalue weighted by Gasteiger charge is 2.12. The monoisotopic (exact) mass is 358 g/mol. The number of halogens is 2. The summed E-state index contributed by atoms with van der Waals surface area (Å²) in [6.07, 6.45) is 2.53. The van der Waals surface area contributed by atoms with Crippen molar-refractivity contribution in [1.82, 2.24) is 10.3 Å². The highest BCUT2D eigenvalue weighted by Crippen LogP contribution is 2.19. The van der Waals surface area contributed by atoms with Crippen LogP contribution in [0.5, 0.6) is 0 Å². The number of carbonyl (C=O) groups excluding carboxylic acids is 1. The number of rotatable bonds is 4. The molecule has 0 saturated carbocycles. The van der Waals surface area contributed by atoms with E-state index in [0.717, 1.165) is 10.9 Å². The molecule has 0 bridgehead atoms. The maximum Gasteiger partial charge on any atom is 0.254 e. The zero-order valence-corrected chi connectivity index (χ0v) is 13.4. The molecule has 2 aromatic heterocycles. The molecule has 2 heterocycles. The Bertz CT molecular complexity index is 600. The third kappa shape index (κ3) is 3.55. The molecule has 0 aliphatic rings. The molecule has 0 atom stereocenters. The Morgan fingerprint density at radius 1 is 1.58 bits per heavy atom. The lowest BCUT2D eigenvalue weighted by Crippen LogP contribution is -2.23. The second kappa shape index (κ2) is 6.50. The molecule has 0 saturated heterocycles. The summed E-state index contributed by atoms with van der Waals surface area (Å²) in [5, 5.41) is 5.12. The Balaban J connectivity index is 2.07. The maximum absolute atomic E-state index is 12.1. The van der Waals surface area contributed by atoms with Gasteiger partial charge < -0.3 is 5.32 Å². The summed E-state index contributed by atoms with van der Waals surface area (Å²) in [6.45, 7) is 2.62. The Labute approximate surface area is 129 Å². The van der Waals surface area contributed by atoms with Gasteiger partial charge in [-0.05, 0) is 45.4 Å². The van der Waals surface area contributed by atoms with Crippen LogP contribution in [0, 0.1) is 0 Å². The van der Waals surface area contributed by atoms with Crippen molar-refractivity contribution in [2.24, 2.45) is 0 Å². The predicted molar refractivity (Wildman–Crippen MR) is 81.8 cm³/mol. The van der Waals surface area contributed by atoms with Gasteiger partial charge in [0.05, 0.1) is 12.1 Å². The molecule has 0 fully saturated rings. The summed E-state index contributed by atoms with van der Waals surface area (Å²) in [7, 11) is 0. The first kappa shape index (κ1) is 14.5. The van der Waals surface area contributed by atoms with Crippen LogP contribution >= 0.6 is 38.9 Å². The molecule has 1 N–H and O–H groups in total. The lowest BCUT2D eigenvalue weighted by atomic mass is 10.2. The fourth-order valence-corrected chi connectivity index (χ4v) is 3.11. The molecular weight excluding hydrogens is 348 g/mol. The second-order valence-electron chi connectivity index (χ2n) is 3.90. The lowest BCUT2D eigenvalue weighted by Gasteiger charge is -2.07. The molecule has 0 unspecified atom stereocenters. The van der Waals surface area contributed by atoms with E-state index in [9.17, 15) is 4.79 Å². The van der Waals surface area contributed by atoms with Gasteiger partial charge in [-0.15, -0.1) is 11.3 Å². The number of amides is 1. The number of hydrogen-bond acceptors (Lipinski definition) is 3. The fraction of sp³-hybridized carbons (Fsp3) is 0.231. The zero-order chi connectivity index (χ0) is 13.8. The van der Waals surface area contributed by atoms with E-state index in [1.807, 2.05) is 5.38 Å². The summed E-state index contributed by atoms with van der Waals surface area (Å²) in [5.74, 6) is -0.214. The predicted octanol–water partition coefficient (Wildman–Crippen LogP) is 4.05. The van der Waals surface area contributed by atoms with Crippen LogP contribution in [0.2, 0.25) is 5.15 Å². The molecule has 1 amide bonds. The topological polar surface area (TPSA) is 42.0 Å². The van der Waals surface area contributed by atoms with E-state index < -0.39 is 0 Å². The molecule has 0 aliphatic heterocycles. The van der Waals surface area contributed by atoms with Gasteiger partial charge in [-0.2, -0.15) is 0 Å². The molecular formula is C13H12BrClN2OS. The average Bonchev–Trinajstić information content (AvgIpc) is 2.86. The van der Waals surface area contributed by atoms with E-state index in [4.69, 9.17) is 11.6 Å². The SMILES string of the molecule is CCc1ccsc1CNC(=O)c1cc(Br)cnc1Cl. The van der Waals surface area contributed by atoms with Gasteiger partial charge in [0.1, 0.15) is 5.15 Å². The van der Waals surface area contributed by atoms with Crippen molar-refractivity contribution in [3.63, 3.8) is 0 Å². The van der Waals surface area contributed by atoms with Gasteiger partial charge in [0.2, 0.25) is 0 Å². The number of carbonyl (C=O) groups is 1. The summed E-state index contributed by atoms with van der Waals surface area (Å²) >= 11 is 10.8. The number of aryl methyl sites for hydroxylation is 1. The Hall–Kier alpha value is -0.910. The lowest BCUT2D eigenvalue weighted by molar-refractivity contribution is 0.0951. The third-order valence-electron chi connectivity index (χ3n) is 2.68. The van der Waals surface area contributed by atoms with Gasteiger partial charge >= 0.3 is 0 Å². The third-order valence-corrected chi connectivity index (χ3v) is 4.38. The first-order valence-corrected chi connectivity index (χ1v) is 7.81. The molecule has 2 rings (SSSR count). The first-order chi connectivity index (χ1) is 9.11. The minimum atomic E-state index is -0.214. The second-order valence-corrected chi connectivity index (χ2v) is 6.17. The molecule has 2 aromatic rings. The number of pyridine rings is 1. The van der Waals surface area contributed by atoms with Crippen molar-refractivity contribution < 1.29 is 4.79 Å². The summed E-state index contributed by atoms with van der Waals surface area (Å²) in [4.78, 5) is 17.2. The van der Waals surface area contributed by atoms with E-state index >= 15 is 0 Å². The van der Waals surface area contributed by atoms with Crippen LogP contribution in [0.1, 0.15) is 27.7 Å². The minimum Gasteiger partial charge on any atom is -0.347 e. The van der Waals surface area contributed by atoms with Gasteiger partial charge in [-0.1, -0.05) is 18.5 Å². The highest BCUT2D eigenvalue weighted by molar-refractivity contribution is 9.10. The van der Waals surface area contributed by atoms with Crippen LogP contribution in [0.25, 0.3) is 0 Å². The quantitative estimate of drug-likeness (QED) is 0.837. The molecule has 0 spiro atoms. The van der Waals surface area contributed by atoms with Crippen molar-refractivity contribution in [3.8, 4) is 0 Å². The largest absolute Gasteiger partial charge is 0.347 e. The molecule has 19 heavy (non-hydrogen) atoms. The molecule has 0 radical (unpaired) electrons. The van der Waals surface area contributed by atoms with E-state index in [-0.39, 0.29) is 11.1 Å². The molecule has 0 aliphatic carbocycles. The van der Waals surface area contributed by atoms with Gasteiger partial charge in [-0.25, -0.2) is 4.98 Å². The Morgan fingerprint density at radius 2 is 2.37 bits per heavy atom. The maximum atomic E-state index is 12.1. The van der Waals surface area contributed by atoms with Crippen LogP contribution in [-0.4, -0.2) is 10.9 Å². The summed E-state index contributed by atoms with van der Waals surface area (Å²) in [6, 6.07) is 3.75. The Kier molecular flexibility index (Phi) is 4.96. The molecule has 0 aromatic carbocycles. The summed E-state index contributed by atoms with van der Waals surface area (Å²) < 4.78 is 0.729. The minimum absolute atomic E-state index is 0.211. The molecule has 100 valence electrons. The van der Waals surface area contributed by atoms with Crippen molar-refractivity contribution in [1.29, 1.82) is 0 Å². The molecule has 6 heteroatoms. The van der Waals surface area contributed by atoms with Crippen LogP contribution in [0.4, 0.5) is 0 Å². The van der Waals surface area contributed by atoms with Crippen LogP contribution < -0.4 is 5.32 Å². The number of aromatic nitrogens is 1. The first-order valence-electron chi connectivity index (χ1n) is 5.76. The van der Waals surface area contributed by atoms with E-state index in [0.29, 0.717) is 12.1 Å². The van der Waals surface area contributed by atoms with Crippen molar-refractivity contribution >= 4 is 44.8 Å². The smallest absolute Gasteiger partial charge is 0.254 e. The van der Waals surface area contributed by atoms with Gasteiger partial charge in [0.15, 0.2) is 0 Å². The Morgan fingerprint density at radius 3 is 3.11 bits per heavy atom. The normalized spacial score (nSPS) is 10.5. The standard InChI is InChI=1S/C13H12BrClN2OS/c1-2-8-3-4-19-11(8)7-17-13(18)10-5-9(14)6-16-12(10)15/h3-6H,2,7H2,1H3,(H,17,18). The summed E-state index contributed by atoms with van der Waals surface area (Å²) in [5.41, 5.74) is 1.65. The van der Waals surface area contributed by atoms with E-state index in [2.05, 4.69) is 39.2 Å². The van der Waals surface area contributed by atoms with E-state index in [1.54, 1.807) is 23.6 Å². The van der Waals surface area contributed by atoms with Crippen LogP contribution in [0.3, 0.4) is 0 Å². The van der Waals surface area contributed by atoms with E-state index in [1.165, 1.54) is 10.4 Å². The van der Waals surface area contributed by atoms with Crippen LogP contribution in [-0.2, 0) is 13.0 Å². The van der Waals surface area contributed by atoms with Crippen molar-refractivity contribution in [2.45, 2.75) is 19.9 Å². The zero-order valence-electron chi connectivity index (χ0n) is 10.2. The molecule has 3 nitrogen and oxygen atoms in total. The van der Waals surface area contributed by atoms with Crippen molar-refractivity contribution in [3.05, 3.63) is 49.3 Å². The number of nitrogens with one attached hydrogen (secondary N) is 1. The number of nitrogens with zero attached hydrogens (tertiary/aromatic N) is 1. The average molecular weight is 360 g/mol.